The van der Waals surface area contributed by atoms with E-state index in [0.29, 0.717) is 19.3 Å². The standard InChI is InChI=1S/C18H22F3NO2/c1-14(12-13-15-8-4-2-5-9-15)22(16-10-6-3-7-11-16)17(23)24-18(19,20)21/h2,4-6,8-10,14,16H,3,7,11-13H2,1H3. The first-order chi connectivity index (χ1) is 11.4. The molecule has 1 amide bonds. The van der Waals surface area contributed by atoms with Gasteiger partial charge in [-0.15, -0.1) is 13.2 Å². The van der Waals surface area contributed by atoms with Crippen molar-refractivity contribution in [3.8, 4) is 0 Å². The minimum atomic E-state index is -4.97. The van der Waals surface area contributed by atoms with Crippen LogP contribution < -0.4 is 0 Å². The molecule has 3 nitrogen and oxygen atoms in total. The zero-order chi connectivity index (χ0) is 17.6. The average Bonchev–Trinajstić information content (AvgIpc) is 2.53. The molecule has 1 aliphatic rings. The molecule has 6 heteroatoms. The molecule has 0 saturated carbocycles. The van der Waals surface area contributed by atoms with E-state index in [1.807, 2.05) is 36.4 Å². The number of rotatable bonds is 5. The van der Waals surface area contributed by atoms with Gasteiger partial charge < -0.3 is 4.74 Å². The second-order valence-corrected chi connectivity index (χ2v) is 6.02. The first-order valence-electron chi connectivity index (χ1n) is 8.15. The van der Waals surface area contributed by atoms with E-state index in [2.05, 4.69) is 4.74 Å². The molecule has 24 heavy (non-hydrogen) atoms. The number of ether oxygens (including phenoxy) is 1. The summed E-state index contributed by atoms with van der Waals surface area (Å²) in [5, 5.41) is 0. The summed E-state index contributed by atoms with van der Waals surface area (Å²) in [7, 11) is 0. The normalized spacial score (nSPS) is 18.9. The van der Waals surface area contributed by atoms with E-state index in [9.17, 15) is 18.0 Å². The fraction of sp³-hybridized carbons (Fsp3) is 0.500. The van der Waals surface area contributed by atoms with Gasteiger partial charge in [-0.05, 0) is 44.6 Å². The van der Waals surface area contributed by atoms with Crippen molar-refractivity contribution >= 4 is 6.09 Å². The van der Waals surface area contributed by atoms with E-state index in [0.717, 1.165) is 18.4 Å². The first kappa shape index (κ1) is 18.4. The molecule has 0 radical (unpaired) electrons. The summed E-state index contributed by atoms with van der Waals surface area (Å²) in [6, 6.07) is 8.97. The number of alkyl halides is 3. The maximum absolute atomic E-state index is 12.5. The van der Waals surface area contributed by atoms with Crippen LogP contribution in [0, 0.1) is 0 Å². The highest BCUT2D eigenvalue weighted by Crippen LogP contribution is 2.25. The summed E-state index contributed by atoms with van der Waals surface area (Å²) >= 11 is 0. The van der Waals surface area contributed by atoms with Gasteiger partial charge in [0.1, 0.15) is 0 Å². The lowest BCUT2D eigenvalue weighted by atomic mass is 9.98. The van der Waals surface area contributed by atoms with Crippen LogP contribution in [0.1, 0.15) is 38.2 Å². The smallest absolute Gasteiger partial charge is 0.356 e. The van der Waals surface area contributed by atoms with Gasteiger partial charge in [0.15, 0.2) is 0 Å². The molecule has 0 N–H and O–H groups in total. The van der Waals surface area contributed by atoms with Crippen molar-refractivity contribution in [1.82, 2.24) is 4.90 Å². The Labute approximate surface area is 140 Å². The summed E-state index contributed by atoms with van der Waals surface area (Å²) in [6.07, 6.45) is 1.08. The lowest BCUT2D eigenvalue weighted by Gasteiger charge is -2.35. The molecule has 2 rings (SSSR count). The molecule has 0 saturated heterocycles. The van der Waals surface area contributed by atoms with Crippen molar-refractivity contribution in [3.05, 3.63) is 48.0 Å². The van der Waals surface area contributed by atoms with Gasteiger partial charge >= 0.3 is 12.5 Å². The van der Waals surface area contributed by atoms with Gasteiger partial charge in [-0.2, -0.15) is 0 Å². The molecule has 0 fully saturated rings. The van der Waals surface area contributed by atoms with Crippen LogP contribution in [0.3, 0.4) is 0 Å². The third kappa shape index (κ3) is 5.58. The zero-order valence-corrected chi connectivity index (χ0v) is 13.6. The molecule has 0 aliphatic heterocycles. The highest BCUT2D eigenvalue weighted by Gasteiger charge is 2.39. The summed E-state index contributed by atoms with van der Waals surface area (Å²) in [5.41, 5.74) is 1.09. The molecule has 0 heterocycles. The summed E-state index contributed by atoms with van der Waals surface area (Å²) in [5.74, 6) is 0. The Morgan fingerprint density at radius 3 is 2.62 bits per heavy atom. The number of aryl methyl sites for hydroxylation is 1. The molecular weight excluding hydrogens is 319 g/mol. The zero-order valence-electron chi connectivity index (χ0n) is 13.6. The number of benzene rings is 1. The first-order valence-corrected chi connectivity index (χ1v) is 8.15. The Hall–Kier alpha value is -1.98. The molecule has 2 atom stereocenters. The minimum Gasteiger partial charge on any atom is -0.356 e. The van der Waals surface area contributed by atoms with Crippen LogP contribution >= 0.6 is 0 Å². The predicted octanol–water partition coefficient (Wildman–Crippen LogP) is 5.07. The van der Waals surface area contributed by atoms with E-state index in [1.165, 1.54) is 4.90 Å². The van der Waals surface area contributed by atoms with Gasteiger partial charge in [-0.1, -0.05) is 42.5 Å². The van der Waals surface area contributed by atoms with E-state index in [4.69, 9.17) is 0 Å². The van der Waals surface area contributed by atoms with Gasteiger partial charge in [0.25, 0.3) is 0 Å². The van der Waals surface area contributed by atoms with Crippen molar-refractivity contribution < 1.29 is 22.7 Å². The van der Waals surface area contributed by atoms with Crippen LogP contribution in [-0.2, 0) is 11.2 Å². The Morgan fingerprint density at radius 1 is 1.33 bits per heavy atom. The van der Waals surface area contributed by atoms with Gasteiger partial charge in [-0.25, -0.2) is 4.79 Å². The monoisotopic (exact) mass is 341 g/mol. The topological polar surface area (TPSA) is 29.5 Å². The number of nitrogens with zero attached hydrogens (tertiary/aromatic N) is 1. The third-order valence-corrected chi connectivity index (χ3v) is 4.17. The molecule has 2 unspecified atom stereocenters. The second kappa shape index (κ2) is 8.22. The molecule has 1 aromatic carbocycles. The van der Waals surface area contributed by atoms with Crippen LogP contribution in [0.5, 0.6) is 0 Å². The Kier molecular flexibility index (Phi) is 6.29. The molecule has 1 aliphatic carbocycles. The Bertz CT molecular complexity index is 557. The van der Waals surface area contributed by atoms with Crippen LogP contribution in [0.4, 0.5) is 18.0 Å². The van der Waals surface area contributed by atoms with Crippen molar-refractivity contribution in [2.75, 3.05) is 0 Å². The summed E-state index contributed by atoms with van der Waals surface area (Å²) < 4.78 is 41.1. The van der Waals surface area contributed by atoms with E-state index in [-0.39, 0.29) is 12.1 Å². The SMILES string of the molecule is CC(CCc1ccccc1)N(C(=O)OC(F)(F)F)C1C=CCCC1. The predicted molar refractivity (Wildman–Crippen MR) is 85.4 cm³/mol. The molecule has 0 aromatic heterocycles. The van der Waals surface area contributed by atoms with Gasteiger partial charge in [0, 0.05) is 6.04 Å². The Balaban J connectivity index is 2.07. The number of halogens is 3. The number of carbonyl (C=O) groups is 1. The average molecular weight is 341 g/mol. The Morgan fingerprint density at radius 2 is 2.04 bits per heavy atom. The molecule has 132 valence electrons. The minimum absolute atomic E-state index is 0.348. The van der Waals surface area contributed by atoms with Crippen molar-refractivity contribution in [1.29, 1.82) is 0 Å². The van der Waals surface area contributed by atoms with Crippen molar-refractivity contribution in [2.45, 2.75) is 57.5 Å². The second-order valence-electron chi connectivity index (χ2n) is 6.02. The maximum atomic E-state index is 12.5. The lowest BCUT2D eigenvalue weighted by Crippen LogP contribution is -2.47. The molecule has 1 aromatic rings. The van der Waals surface area contributed by atoms with Crippen molar-refractivity contribution in [2.24, 2.45) is 0 Å². The van der Waals surface area contributed by atoms with E-state index < -0.39 is 12.5 Å². The maximum Gasteiger partial charge on any atom is 0.576 e. The summed E-state index contributed by atoms with van der Waals surface area (Å²) in [4.78, 5) is 13.3. The van der Waals surface area contributed by atoms with Crippen LogP contribution in [0.15, 0.2) is 42.5 Å². The van der Waals surface area contributed by atoms with Crippen LogP contribution in [-0.4, -0.2) is 29.4 Å². The lowest BCUT2D eigenvalue weighted by molar-refractivity contribution is -0.295. The molecule has 0 spiro atoms. The molecule has 0 bridgehead atoms. The van der Waals surface area contributed by atoms with Gasteiger partial charge in [-0.3, -0.25) is 4.90 Å². The number of carbonyl (C=O) groups excluding carboxylic acids is 1. The van der Waals surface area contributed by atoms with E-state index >= 15 is 0 Å². The fourth-order valence-electron chi connectivity index (χ4n) is 2.98. The highest BCUT2D eigenvalue weighted by molar-refractivity contribution is 5.69. The van der Waals surface area contributed by atoms with Crippen LogP contribution in [0.25, 0.3) is 0 Å². The van der Waals surface area contributed by atoms with E-state index in [1.54, 1.807) is 13.0 Å². The van der Waals surface area contributed by atoms with Gasteiger partial charge in [0.05, 0.1) is 6.04 Å². The summed E-state index contributed by atoms with van der Waals surface area (Å²) in [6.45, 7) is 1.77. The van der Waals surface area contributed by atoms with Crippen LogP contribution in [0.2, 0.25) is 0 Å². The fourth-order valence-corrected chi connectivity index (χ4v) is 2.98. The largest absolute Gasteiger partial charge is 0.576 e. The number of amides is 1. The number of allylic oxidation sites excluding steroid dienone is 1. The van der Waals surface area contributed by atoms with Gasteiger partial charge in [0.2, 0.25) is 0 Å². The molecular formula is C18H22F3NO2. The quantitative estimate of drug-likeness (QED) is 0.699. The van der Waals surface area contributed by atoms with Crippen molar-refractivity contribution in [3.63, 3.8) is 0 Å². The number of hydrogen-bond acceptors (Lipinski definition) is 2. The third-order valence-electron chi connectivity index (χ3n) is 4.17. The highest BCUT2D eigenvalue weighted by atomic mass is 19.4. The number of hydrogen-bond donors (Lipinski definition) is 0.